The van der Waals surface area contributed by atoms with E-state index in [4.69, 9.17) is 8.83 Å². The van der Waals surface area contributed by atoms with E-state index in [0.717, 1.165) is 16.9 Å². The van der Waals surface area contributed by atoms with Crippen LogP contribution in [0.5, 0.6) is 0 Å². The van der Waals surface area contributed by atoms with Crippen molar-refractivity contribution in [1.82, 2.24) is 0 Å². The molecule has 0 atom stereocenters. The number of furan rings is 1. The lowest BCUT2D eigenvalue weighted by molar-refractivity contribution is 0.521. The second kappa shape index (κ2) is 6.05. The van der Waals surface area contributed by atoms with Gasteiger partial charge in [0.1, 0.15) is 22.8 Å². The van der Waals surface area contributed by atoms with Crippen LogP contribution in [0.4, 0.5) is 0 Å². The molecule has 24 heavy (non-hydrogen) atoms. The van der Waals surface area contributed by atoms with Crippen molar-refractivity contribution in [2.75, 3.05) is 0 Å². The fraction of sp³-hybridized carbons (Fsp3) is 0. The first-order valence-corrected chi connectivity index (χ1v) is 7.66. The van der Waals surface area contributed by atoms with Gasteiger partial charge in [-0.15, -0.1) is 0 Å². The molecule has 0 N–H and O–H groups in total. The van der Waals surface area contributed by atoms with Crippen LogP contribution in [0.25, 0.3) is 34.0 Å². The Morgan fingerprint density at radius 3 is 1.58 bits per heavy atom. The Morgan fingerprint density at radius 1 is 0.500 bits per heavy atom. The molecule has 0 spiro atoms. The van der Waals surface area contributed by atoms with Gasteiger partial charge < -0.3 is 8.83 Å². The van der Waals surface area contributed by atoms with Gasteiger partial charge in [-0.25, -0.2) is 4.79 Å². The van der Waals surface area contributed by atoms with Gasteiger partial charge in [0.05, 0.1) is 0 Å². The minimum Gasteiger partial charge on any atom is -0.456 e. The Hall–Kier alpha value is -3.33. The van der Waals surface area contributed by atoms with Crippen LogP contribution in [0.1, 0.15) is 0 Å². The Kier molecular flexibility index (Phi) is 3.60. The van der Waals surface area contributed by atoms with Crippen molar-refractivity contribution in [3.8, 4) is 34.0 Å². The zero-order valence-electron chi connectivity index (χ0n) is 12.8. The van der Waals surface area contributed by atoms with Crippen LogP contribution in [0.3, 0.4) is 0 Å². The predicted octanol–water partition coefficient (Wildman–Crippen LogP) is 5.23. The summed E-state index contributed by atoms with van der Waals surface area (Å²) >= 11 is 0. The second-order valence-electron chi connectivity index (χ2n) is 5.40. The molecule has 4 rings (SSSR count). The second-order valence-corrected chi connectivity index (χ2v) is 5.40. The van der Waals surface area contributed by atoms with Crippen LogP contribution >= 0.6 is 0 Å². The van der Waals surface area contributed by atoms with Crippen LogP contribution in [0.15, 0.2) is 98.6 Å². The van der Waals surface area contributed by atoms with Gasteiger partial charge in [-0.05, 0) is 24.3 Å². The maximum absolute atomic E-state index is 12.3. The first-order valence-electron chi connectivity index (χ1n) is 7.66. The SMILES string of the molecule is O=c1oc(-c2ccccc2)ccc1-c1ccc(-c2ccccc2)o1. The number of rotatable bonds is 3. The van der Waals surface area contributed by atoms with Crippen LogP contribution in [-0.4, -0.2) is 0 Å². The lowest BCUT2D eigenvalue weighted by Crippen LogP contribution is -2.02. The third-order valence-corrected chi connectivity index (χ3v) is 3.81. The van der Waals surface area contributed by atoms with E-state index >= 15 is 0 Å². The third kappa shape index (κ3) is 2.68. The molecule has 0 amide bonds. The van der Waals surface area contributed by atoms with Gasteiger partial charge in [0.2, 0.25) is 0 Å². The van der Waals surface area contributed by atoms with E-state index in [0.29, 0.717) is 17.1 Å². The molecule has 0 fully saturated rings. The summed E-state index contributed by atoms with van der Waals surface area (Å²) in [5.41, 5.74) is 1.83. The van der Waals surface area contributed by atoms with Gasteiger partial charge >= 0.3 is 5.63 Å². The van der Waals surface area contributed by atoms with Crippen molar-refractivity contribution in [3.63, 3.8) is 0 Å². The normalized spacial score (nSPS) is 10.7. The smallest absolute Gasteiger partial charge is 0.347 e. The topological polar surface area (TPSA) is 43.4 Å². The maximum Gasteiger partial charge on any atom is 0.347 e. The zero-order chi connectivity index (χ0) is 16.4. The predicted molar refractivity (Wildman–Crippen MR) is 93.6 cm³/mol. The van der Waals surface area contributed by atoms with Crippen LogP contribution in [-0.2, 0) is 0 Å². The van der Waals surface area contributed by atoms with Crippen molar-refractivity contribution in [2.45, 2.75) is 0 Å². The average molecular weight is 314 g/mol. The van der Waals surface area contributed by atoms with Gasteiger partial charge in [-0.3, -0.25) is 0 Å². The number of hydrogen-bond acceptors (Lipinski definition) is 3. The fourth-order valence-corrected chi connectivity index (χ4v) is 2.60. The quantitative estimate of drug-likeness (QED) is 0.520. The highest BCUT2D eigenvalue weighted by atomic mass is 16.4. The van der Waals surface area contributed by atoms with Gasteiger partial charge in [0, 0.05) is 11.1 Å². The van der Waals surface area contributed by atoms with Crippen molar-refractivity contribution in [2.24, 2.45) is 0 Å². The van der Waals surface area contributed by atoms with E-state index in [1.165, 1.54) is 0 Å². The standard InChI is InChI=1S/C21H14O3/c22-21-17(11-12-19(24-21)16-9-5-2-6-10-16)20-14-13-18(23-20)15-7-3-1-4-8-15/h1-14H. The molecule has 2 aromatic carbocycles. The molecule has 2 aromatic heterocycles. The first kappa shape index (κ1) is 14.3. The summed E-state index contributed by atoms with van der Waals surface area (Å²) in [6, 6.07) is 26.5. The summed E-state index contributed by atoms with van der Waals surface area (Å²) in [6.07, 6.45) is 0. The minimum atomic E-state index is -0.412. The van der Waals surface area contributed by atoms with Gasteiger partial charge in [0.25, 0.3) is 0 Å². The van der Waals surface area contributed by atoms with Crippen LogP contribution in [0.2, 0.25) is 0 Å². The Balaban J connectivity index is 1.71. The molecule has 0 saturated heterocycles. The van der Waals surface area contributed by atoms with E-state index in [9.17, 15) is 4.79 Å². The van der Waals surface area contributed by atoms with Gasteiger partial charge in [-0.1, -0.05) is 60.7 Å². The molecular formula is C21H14O3. The first-order chi connectivity index (χ1) is 11.8. The Bertz CT molecular complexity index is 1010. The summed E-state index contributed by atoms with van der Waals surface area (Å²) in [5.74, 6) is 1.76. The molecule has 116 valence electrons. The molecule has 0 aliphatic carbocycles. The van der Waals surface area contributed by atoms with Crippen molar-refractivity contribution < 1.29 is 8.83 Å². The molecule has 2 heterocycles. The molecule has 4 aromatic rings. The van der Waals surface area contributed by atoms with Crippen LogP contribution in [0, 0.1) is 0 Å². The Morgan fingerprint density at radius 2 is 1.00 bits per heavy atom. The molecule has 0 radical (unpaired) electrons. The third-order valence-electron chi connectivity index (χ3n) is 3.81. The van der Waals surface area contributed by atoms with Gasteiger partial charge in [-0.2, -0.15) is 0 Å². The Labute approximate surface area is 138 Å². The molecular weight excluding hydrogens is 300 g/mol. The van der Waals surface area contributed by atoms with E-state index in [1.54, 1.807) is 18.2 Å². The fourth-order valence-electron chi connectivity index (χ4n) is 2.60. The van der Waals surface area contributed by atoms with Crippen molar-refractivity contribution in [3.05, 3.63) is 95.3 Å². The number of benzene rings is 2. The average Bonchev–Trinajstić information content (AvgIpc) is 3.13. The molecule has 0 saturated carbocycles. The summed E-state index contributed by atoms with van der Waals surface area (Å²) < 4.78 is 11.3. The summed E-state index contributed by atoms with van der Waals surface area (Å²) in [4.78, 5) is 12.3. The van der Waals surface area contributed by atoms with E-state index in [-0.39, 0.29) is 0 Å². The van der Waals surface area contributed by atoms with E-state index in [2.05, 4.69) is 0 Å². The largest absolute Gasteiger partial charge is 0.456 e. The van der Waals surface area contributed by atoms with Gasteiger partial charge in [0.15, 0.2) is 0 Å². The lowest BCUT2D eigenvalue weighted by Gasteiger charge is -2.01. The molecule has 0 aliphatic rings. The highest BCUT2D eigenvalue weighted by Crippen LogP contribution is 2.28. The lowest BCUT2D eigenvalue weighted by atomic mass is 10.1. The maximum atomic E-state index is 12.3. The van der Waals surface area contributed by atoms with Crippen molar-refractivity contribution >= 4 is 0 Å². The monoisotopic (exact) mass is 314 g/mol. The highest BCUT2D eigenvalue weighted by Gasteiger charge is 2.12. The molecule has 0 unspecified atom stereocenters. The highest BCUT2D eigenvalue weighted by molar-refractivity contribution is 5.65. The zero-order valence-corrected chi connectivity index (χ0v) is 12.8. The number of hydrogen-bond donors (Lipinski definition) is 0. The summed E-state index contributed by atoms with van der Waals surface area (Å²) in [7, 11) is 0. The molecule has 0 aliphatic heterocycles. The molecule has 0 bridgehead atoms. The molecule has 3 nitrogen and oxygen atoms in total. The minimum absolute atomic E-state index is 0.412. The summed E-state index contributed by atoms with van der Waals surface area (Å²) in [5, 5.41) is 0. The molecule has 3 heteroatoms. The van der Waals surface area contributed by atoms with E-state index < -0.39 is 5.63 Å². The van der Waals surface area contributed by atoms with Crippen molar-refractivity contribution in [1.29, 1.82) is 0 Å². The van der Waals surface area contributed by atoms with E-state index in [1.807, 2.05) is 66.7 Å². The summed E-state index contributed by atoms with van der Waals surface area (Å²) in [6.45, 7) is 0. The van der Waals surface area contributed by atoms with Crippen LogP contribution < -0.4 is 5.63 Å².